The topological polar surface area (TPSA) is 52.6 Å². The Morgan fingerprint density at radius 3 is 2.36 bits per heavy atom. The lowest BCUT2D eigenvalue weighted by atomic mass is 9.64. The molecule has 0 N–H and O–H groups in total. The maximum atomic E-state index is 12.5. The Morgan fingerprint density at radius 2 is 1.86 bits per heavy atom. The van der Waals surface area contributed by atoms with Crippen molar-refractivity contribution in [1.29, 1.82) is 0 Å². The van der Waals surface area contributed by atoms with Crippen molar-refractivity contribution in [1.82, 2.24) is 0 Å². The third-order valence-electron chi connectivity index (χ3n) is 4.23. The van der Waals surface area contributed by atoms with Crippen LogP contribution in [0.1, 0.15) is 31.2 Å². The summed E-state index contributed by atoms with van der Waals surface area (Å²) in [7, 11) is -0.689. The summed E-state index contributed by atoms with van der Waals surface area (Å²) in [4.78, 5) is 12.5. The minimum atomic E-state index is -3.30. The van der Waals surface area contributed by atoms with Crippen LogP contribution in [0, 0.1) is 17.3 Å². The smallest absolute Gasteiger partial charge is 0.312 e. The van der Waals surface area contributed by atoms with Gasteiger partial charge in [-0.15, -0.1) is 0 Å². The van der Waals surface area contributed by atoms with Gasteiger partial charge < -0.3 is 9.05 Å². The normalized spacial score (nSPS) is 16.3. The van der Waals surface area contributed by atoms with E-state index in [1.807, 2.05) is 30.3 Å². The van der Waals surface area contributed by atoms with Crippen molar-refractivity contribution in [3.63, 3.8) is 0 Å². The Hall–Kier alpha value is -1.40. The van der Waals surface area contributed by atoms with Gasteiger partial charge in [-0.25, -0.2) is 0 Å². The quantitative estimate of drug-likeness (QED) is 0.593. The highest BCUT2D eigenvalue weighted by Crippen LogP contribution is 2.52. The molecule has 1 fully saturated rings. The van der Waals surface area contributed by atoms with Crippen LogP contribution >= 0.6 is 7.60 Å². The number of rotatable bonds is 6. The number of carbonyl (C=O) groups excluding carboxylic acids is 1. The third-order valence-corrected chi connectivity index (χ3v) is 6.02. The fourth-order valence-corrected chi connectivity index (χ4v) is 3.64. The molecule has 22 heavy (non-hydrogen) atoms. The zero-order valence-corrected chi connectivity index (χ0v) is 13.9. The summed E-state index contributed by atoms with van der Waals surface area (Å²) in [5, 5.41) is 0. The predicted molar refractivity (Wildman–Crippen MR) is 85.7 cm³/mol. The molecule has 118 valence electrons. The van der Waals surface area contributed by atoms with Crippen molar-refractivity contribution in [2.24, 2.45) is 5.41 Å². The summed E-state index contributed by atoms with van der Waals surface area (Å²) in [5.41, 5.74) is 0.456. The monoisotopic (exact) mass is 320 g/mol. The largest absolute Gasteiger partial charge is 0.337 e. The number of carbonyl (C=O) groups is 1. The second-order valence-corrected chi connectivity index (χ2v) is 7.80. The lowest BCUT2D eigenvalue weighted by molar-refractivity contribution is -0.130. The minimum Gasteiger partial charge on any atom is -0.312 e. The van der Waals surface area contributed by atoms with Crippen LogP contribution < -0.4 is 0 Å². The van der Waals surface area contributed by atoms with Gasteiger partial charge in [-0.1, -0.05) is 36.5 Å². The maximum absolute atomic E-state index is 12.5. The summed E-state index contributed by atoms with van der Waals surface area (Å²) >= 11 is 0. The molecule has 0 spiro atoms. The van der Waals surface area contributed by atoms with E-state index in [0.29, 0.717) is 6.42 Å². The van der Waals surface area contributed by atoms with Crippen LogP contribution in [-0.4, -0.2) is 26.2 Å². The number of benzene rings is 1. The zero-order chi connectivity index (χ0) is 16.1. The highest BCUT2D eigenvalue weighted by molar-refractivity contribution is 7.54. The summed E-state index contributed by atoms with van der Waals surface area (Å²) < 4.78 is 21.9. The van der Waals surface area contributed by atoms with E-state index >= 15 is 0 Å². The molecule has 0 aromatic heterocycles. The highest BCUT2D eigenvalue weighted by Gasteiger charge is 2.45. The fraction of sp³-hybridized carbons (Fsp3) is 0.471. The molecule has 0 amide bonds. The Bertz CT molecular complexity index is 615. The van der Waals surface area contributed by atoms with Crippen LogP contribution in [-0.2, 0) is 18.4 Å². The van der Waals surface area contributed by atoms with Gasteiger partial charge in [-0.2, -0.15) is 0 Å². The van der Waals surface area contributed by atoms with E-state index in [1.165, 1.54) is 14.2 Å². The molecule has 0 radical (unpaired) electrons. The van der Waals surface area contributed by atoms with Gasteiger partial charge in [0.15, 0.2) is 5.78 Å². The maximum Gasteiger partial charge on any atom is 0.337 e. The van der Waals surface area contributed by atoms with E-state index < -0.39 is 13.0 Å². The lowest BCUT2D eigenvalue weighted by Crippen LogP contribution is -2.39. The predicted octanol–water partition coefficient (Wildman–Crippen LogP) is 3.65. The van der Waals surface area contributed by atoms with Crippen molar-refractivity contribution in [2.75, 3.05) is 20.4 Å². The van der Waals surface area contributed by atoms with Gasteiger partial charge in [-0.05, 0) is 25.0 Å². The molecule has 1 saturated carbocycles. The minimum absolute atomic E-state index is 0.0619. The van der Waals surface area contributed by atoms with E-state index in [1.54, 1.807) is 0 Å². The van der Waals surface area contributed by atoms with E-state index in [2.05, 4.69) is 11.8 Å². The van der Waals surface area contributed by atoms with Crippen molar-refractivity contribution < 1.29 is 18.4 Å². The first kappa shape index (κ1) is 17.0. The molecular formula is C17H21O4P. The van der Waals surface area contributed by atoms with E-state index in [9.17, 15) is 9.36 Å². The zero-order valence-electron chi connectivity index (χ0n) is 13.0. The van der Waals surface area contributed by atoms with Crippen LogP contribution in [0.3, 0.4) is 0 Å². The van der Waals surface area contributed by atoms with Crippen LogP contribution in [0.15, 0.2) is 30.3 Å². The van der Waals surface area contributed by atoms with E-state index in [0.717, 1.165) is 24.8 Å². The van der Waals surface area contributed by atoms with Crippen molar-refractivity contribution >= 4 is 13.4 Å². The Morgan fingerprint density at radius 1 is 1.23 bits per heavy atom. The average molecular weight is 320 g/mol. The number of ketones is 1. The average Bonchev–Trinajstić information content (AvgIpc) is 2.50. The summed E-state index contributed by atoms with van der Waals surface area (Å²) in [6.45, 7) is 0. The summed E-state index contributed by atoms with van der Waals surface area (Å²) in [6.07, 6.45) is 2.91. The molecule has 0 aliphatic heterocycles. The van der Waals surface area contributed by atoms with Crippen LogP contribution in [0.4, 0.5) is 0 Å². The molecule has 1 aromatic carbocycles. The molecule has 2 rings (SSSR count). The van der Waals surface area contributed by atoms with Gasteiger partial charge in [-0.3, -0.25) is 9.36 Å². The molecule has 5 heteroatoms. The van der Waals surface area contributed by atoms with Gasteiger partial charge >= 0.3 is 7.60 Å². The van der Waals surface area contributed by atoms with Crippen molar-refractivity contribution in [2.45, 2.75) is 25.7 Å². The van der Waals surface area contributed by atoms with Crippen LogP contribution in [0.5, 0.6) is 0 Å². The van der Waals surface area contributed by atoms with Gasteiger partial charge in [0.25, 0.3) is 0 Å². The SMILES string of the molecule is COP(=O)(CC(=O)C1(CC#Cc2ccccc2)CCC1)OC. The lowest BCUT2D eigenvalue weighted by Gasteiger charge is -2.39. The third kappa shape index (κ3) is 3.87. The molecule has 1 aliphatic carbocycles. The standard InChI is InChI=1S/C17H21O4P/c1-20-22(19,21-2)14-16(18)17(12-7-13-17)11-6-10-15-8-4-3-5-9-15/h3-5,8-9H,7,11-14H2,1-2H3. The number of Topliss-reactive ketones (excluding diaryl/α,β-unsaturated/α-hetero) is 1. The Balaban J connectivity index is 2.05. The Labute approximate surface area is 131 Å². The molecule has 0 bridgehead atoms. The molecule has 4 nitrogen and oxygen atoms in total. The fourth-order valence-electron chi connectivity index (χ4n) is 2.54. The highest BCUT2D eigenvalue weighted by atomic mass is 31.2. The van der Waals surface area contributed by atoms with E-state index in [-0.39, 0.29) is 11.9 Å². The van der Waals surface area contributed by atoms with Gasteiger partial charge in [0.2, 0.25) is 0 Å². The second-order valence-electron chi connectivity index (χ2n) is 5.54. The summed E-state index contributed by atoms with van der Waals surface area (Å²) in [6, 6.07) is 9.68. The van der Waals surface area contributed by atoms with Crippen molar-refractivity contribution in [3.8, 4) is 11.8 Å². The first-order valence-corrected chi connectivity index (χ1v) is 9.04. The molecule has 0 saturated heterocycles. The second kappa shape index (κ2) is 7.24. The van der Waals surface area contributed by atoms with Crippen molar-refractivity contribution in [3.05, 3.63) is 35.9 Å². The van der Waals surface area contributed by atoms with Gasteiger partial charge in [0.1, 0.15) is 6.16 Å². The van der Waals surface area contributed by atoms with Gasteiger partial charge in [0, 0.05) is 31.6 Å². The van der Waals surface area contributed by atoms with Crippen LogP contribution in [0.2, 0.25) is 0 Å². The Kier molecular flexibility index (Phi) is 5.58. The molecule has 0 atom stereocenters. The van der Waals surface area contributed by atoms with Gasteiger partial charge in [0.05, 0.1) is 0 Å². The molecule has 0 unspecified atom stereocenters. The number of hydrogen-bond acceptors (Lipinski definition) is 4. The first-order chi connectivity index (χ1) is 10.5. The van der Waals surface area contributed by atoms with E-state index in [4.69, 9.17) is 9.05 Å². The molecule has 0 heterocycles. The number of hydrogen-bond donors (Lipinski definition) is 0. The van der Waals surface area contributed by atoms with Crippen LogP contribution in [0.25, 0.3) is 0 Å². The molecule has 1 aliphatic rings. The molecule has 1 aromatic rings. The first-order valence-electron chi connectivity index (χ1n) is 7.31. The summed E-state index contributed by atoms with van der Waals surface area (Å²) in [5.74, 6) is 6.12. The molecular weight excluding hydrogens is 299 g/mol.